The van der Waals surface area contributed by atoms with E-state index in [1.165, 1.54) is 0 Å². The van der Waals surface area contributed by atoms with Crippen LogP contribution >= 0.6 is 0 Å². The summed E-state index contributed by atoms with van der Waals surface area (Å²) < 4.78 is 0. The molecule has 1 fully saturated rings. The molecule has 3 nitrogen and oxygen atoms in total. The summed E-state index contributed by atoms with van der Waals surface area (Å²) in [5.74, 6) is 0.0625. The van der Waals surface area contributed by atoms with Crippen LogP contribution in [0.25, 0.3) is 0 Å². The number of carbonyl (C=O) groups excluding carboxylic acids is 1. The number of carbonyl (C=O) groups is 1. The minimum absolute atomic E-state index is 0.0262. The van der Waals surface area contributed by atoms with E-state index >= 15 is 0 Å². The average molecular weight is 302 g/mol. The molecule has 0 saturated heterocycles. The van der Waals surface area contributed by atoms with Crippen molar-refractivity contribution >= 4 is 5.78 Å². The highest BCUT2D eigenvalue weighted by molar-refractivity contribution is 5.99. The summed E-state index contributed by atoms with van der Waals surface area (Å²) in [5, 5.41) is 21.0. The first-order valence-corrected chi connectivity index (χ1v) is 8.19. The standard InChI is InChI=1S/C19H26O3/c1-17(2,21)12-6-7-14-13(10-12)15(20)11-16-18(14,3)8-5-9-19(16,4)22/h6-7,10,16,21-22H,5,8-9,11H2,1-4H3/t16-,18-,19-/m1/s1. The molecule has 0 bridgehead atoms. The maximum absolute atomic E-state index is 12.7. The number of aliphatic hydroxyl groups is 2. The molecule has 0 radical (unpaired) electrons. The largest absolute Gasteiger partial charge is 0.390 e. The van der Waals surface area contributed by atoms with Crippen molar-refractivity contribution in [1.82, 2.24) is 0 Å². The molecule has 0 unspecified atom stereocenters. The second kappa shape index (κ2) is 4.65. The Bertz CT molecular complexity index is 624. The van der Waals surface area contributed by atoms with Gasteiger partial charge in [-0.05, 0) is 62.6 Å². The van der Waals surface area contributed by atoms with Crippen molar-refractivity contribution in [2.45, 2.75) is 70.0 Å². The van der Waals surface area contributed by atoms with Crippen molar-refractivity contribution < 1.29 is 15.0 Å². The molecule has 2 N–H and O–H groups in total. The van der Waals surface area contributed by atoms with E-state index in [9.17, 15) is 15.0 Å². The highest BCUT2D eigenvalue weighted by atomic mass is 16.3. The van der Waals surface area contributed by atoms with Gasteiger partial charge in [-0.15, -0.1) is 0 Å². The third kappa shape index (κ3) is 2.22. The van der Waals surface area contributed by atoms with Crippen LogP contribution in [0.3, 0.4) is 0 Å². The molecular weight excluding hydrogens is 276 g/mol. The van der Waals surface area contributed by atoms with Crippen molar-refractivity contribution in [2.75, 3.05) is 0 Å². The normalized spacial score (nSPS) is 35.0. The summed E-state index contributed by atoms with van der Waals surface area (Å²) in [7, 11) is 0. The van der Waals surface area contributed by atoms with Crippen LogP contribution in [0, 0.1) is 5.92 Å². The second-order valence-corrected chi connectivity index (χ2v) is 8.13. The van der Waals surface area contributed by atoms with Gasteiger partial charge in [-0.2, -0.15) is 0 Å². The minimum atomic E-state index is -0.953. The molecule has 0 amide bonds. The Morgan fingerprint density at radius 1 is 1.23 bits per heavy atom. The van der Waals surface area contributed by atoms with E-state index in [2.05, 4.69) is 6.92 Å². The van der Waals surface area contributed by atoms with Crippen LogP contribution < -0.4 is 0 Å². The fraction of sp³-hybridized carbons (Fsp3) is 0.632. The maximum atomic E-state index is 12.7. The smallest absolute Gasteiger partial charge is 0.163 e. The van der Waals surface area contributed by atoms with E-state index in [-0.39, 0.29) is 17.1 Å². The lowest BCUT2D eigenvalue weighted by atomic mass is 9.53. The van der Waals surface area contributed by atoms with Gasteiger partial charge < -0.3 is 10.2 Å². The molecule has 0 spiro atoms. The molecule has 3 heteroatoms. The first-order valence-electron chi connectivity index (χ1n) is 8.19. The molecule has 0 aliphatic heterocycles. The Morgan fingerprint density at radius 2 is 1.91 bits per heavy atom. The first-order chi connectivity index (χ1) is 10.1. The van der Waals surface area contributed by atoms with Crippen LogP contribution in [-0.2, 0) is 11.0 Å². The zero-order valence-electron chi connectivity index (χ0n) is 13.9. The van der Waals surface area contributed by atoms with Gasteiger partial charge in [0.15, 0.2) is 5.78 Å². The summed E-state index contributed by atoms with van der Waals surface area (Å²) in [6.07, 6.45) is 3.13. The summed E-state index contributed by atoms with van der Waals surface area (Å²) in [6, 6.07) is 5.76. The molecule has 3 rings (SSSR count). The number of fused-ring (bicyclic) bond motifs is 3. The first kappa shape index (κ1) is 15.7. The van der Waals surface area contributed by atoms with E-state index in [1.54, 1.807) is 13.8 Å². The van der Waals surface area contributed by atoms with Crippen LogP contribution in [-0.4, -0.2) is 21.6 Å². The maximum Gasteiger partial charge on any atom is 0.163 e. The molecule has 2 aliphatic rings. The number of hydrogen-bond donors (Lipinski definition) is 2. The zero-order chi connectivity index (χ0) is 16.3. The number of hydrogen-bond acceptors (Lipinski definition) is 3. The van der Waals surface area contributed by atoms with E-state index in [0.717, 1.165) is 36.0 Å². The minimum Gasteiger partial charge on any atom is -0.390 e. The molecular formula is C19H26O3. The molecule has 1 aromatic rings. The molecule has 120 valence electrons. The highest BCUT2D eigenvalue weighted by Gasteiger charge is 2.53. The number of rotatable bonds is 1. The van der Waals surface area contributed by atoms with Gasteiger partial charge in [0.05, 0.1) is 11.2 Å². The highest BCUT2D eigenvalue weighted by Crippen LogP contribution is 2.53. The van der Waals surface area contributed by atoms with E-state index < -0.39 is 11.2 Å². The molecule has 0 aromatic heterocycles. The van der Waals surface area contributed by atoms with Crippen LogP contribution in [0.4, 0.5) is 0 Å². The molecule has 1 aromatic carbocycles. The van der Waals surface area contributed by atoms with Gasteiger partial charge in [-0.3, -0.25) is 4.79 Å². The lowest BCUT2D eigenvalue weighted by molar-refractivity contribution is -0.0703. The average Bonchev–Trinajstić information content (AvgIpc) is 2.40. The van der Waals surface area contributed by atoms with Crippen molar-refractivity contribution in [1.29, 1.82) is 0 Å². The molecule has 22 heavy (non-hydrogen) atoms. The molecule has 2 aliphatic carbocycles. The Labute approximate surface area is 132 Å². The summed E-state index contributed by atoms with van der Waals surface area (Å²) in [6.45, 7) is 7.52. The summed E-state index contributed by atoms with van der Waals surface area (Å²) in [5.41, 5.74) is 0.644. The van der Waals surface area contributed by atoms with Crippen molar-refractivity contribution in [2.24, 2.45) is 5.92 Å². The van der Waals surface area contributed by atoms with Gasteiger partial charge >= 0.3 is 0 Å². The molecule has 3 atom stereocenters. The predicted octanol–water partition coefficient (Wildman–Crippen LogP) is 3.31. The van der Waals surface area contributed by atoms with Crippen molar-refractivity contribution in [3.8, 4) is 0 Å². The fourth-order valence-electron chi connectivity index (χ4n) is 4.56. The van der Waals surface area contributed by atoms with Crippen molar-refractivity contribution in [3.05, 3.63) is 34.9 Å². The lowest BCUT2D eigenvalue weighted by Gasteiger charge is -2.52. The van der Waals surface area contributed by atoms with E-state index in [0.29, 0.717) is 6.42 Å². The predicted molar refractivity (Wildman–Crippen MR) is 86.0 cm³/mol. The van der Waals surface area contributed by atoms with E-state index in [1.807, 2.05) is 25.1 Å². The van der Waals surface area contributed by atoms with Gasteiger partial charge in [0.2, 0.25) is 0 Å². The lowest BCUT2D eigenvalue weighted by Crippen LogP contribution is -2.54. The third-order valence-corrected chi connectivity index (χ3v) is 5.93. The van der Waals surface area contributed by atoms with Crippen LogP contribution in [0.1, 0.15) is 74.9 Å². The fourth-order valence-corrected chi connectivity index (χ4v) is 4.56. The topological polar surface area (TPSA) is 57.5 Å². The summed E-state index contributed by atoms with van der Waals surface area (Å²) in [4.78, 5) is 12.7. The number of ketones is 1. The molecule has 0 heterocycles. The summed E-state index contributed by atoms with van der Waals surface area (Å²) >= 11 is 0. The number of Topliss-reactive ketones (excluding diaryl/α,β-unsaturated/α-hetero) is 1. The van der Waals surface area contributed by atoms with Gasteiger partial charge in [-0.1, -0.05) is 19.1 Å². The van der Waals surface area contributed by atoms with Gasteiger partial charge in [0.25, 0.3) is 0 Å². The van der Waals surface area contributed by atoms with Crippen LogP contribution in [0.2, 0.25) is 0 Å². The van der Waals surface area contributed by atoms with Crippen molar-refractivity contribution in [3.63, 3.8) is 0 Å². The van der Waals surface area contributed by atoms with E-state index in [4.69, 9.17) is 0 Å². The van der Waals surface area contributed by atoms with Crippen LogP contribution in [0.5, 0.6) is 0 Å². The Kier molecular flexibility index (Phi) is 3.32. The van der Waals surface area contributed by atoms with Gasteiger partial charge in [0.1, 0.15) is 0 Å². The van der Waals surface area contributed by atoms with Crippen LogP contribution in [0.15, 0.2) is 18.2 Å². The Balaban J connectivity index is 2.15. The second-order valence-electron chi connectivity index (χ2n) is 8.13. The van der Waals surface area contributed by atoms with Gasteiger partial charge in [0, 0.05) is 17.9 Å². The quantitative estimate of drug-likeness (QED) is 0.837. The monoisotopic (exact) mass is 302 g/mol. The Morgan fingerprint density at radius 3 is 2.55 bits per heavy atom. The van der Waals surface area contributed by atoms with Gasteiger partial charge in [-0.25, -0.2) is 0 Å². The SMILES string of the molecule is CC(C)(O)c1ccc2c(c1)C(=O)C[C@H]1[C@](C)(O)CCC[C@]21C. The number of benzene rings is 1. The third-order valence-electron chi connectivity index (χ3n) is 5.93. The Hall–Kier alpha value is -1.19. The molecule has 1 saturated carbocycles. The zero-order valence-corrected chi connectivity index (χ0v) is 13.9.